The number of hydrogen-bond acceptors (Lipinski definition) is 4. The second-order valence-electron chi connectivity index (χ2n) is 3.93. The van der Waals surface area contributed by atoms with Gasteiger partial charge in [0.15, 0.2) is 5.76 Å². The fourth-order valence-electron chi connectivity index (χ4n) is 1.66. The van der Waals surface area contributed by atoms with Gasteiger partial charge in [0.2, 0.25) is 10.0 Å². The van der Waals surface area contributed by atoms with Crippen molar-refractivity contribution in [2.75, 3.05) is 11.9 Å². The highest BCUT2D eigenvalue weighted by molar-refractivity contribution is 7.89. The average molecular weight is 294 g/mol. The highest BCUT2D eigenvalue weighted by Crippen LogP contribution is 2.21. The lowest BCUT2D eigenvalue weighted by atomic mass is 10.3. The normalized spacial score (nSPS) is 11.2. The first-order valence-electron chi connectivity index (χ1n) is 5.98. The third kappa shape index (κ3) is 3.06. The third-order valence-corrected chi connectivity index (χ3v) is 4.11. The van der Waals surface area contributed by atoms with E-state index >= 15 is 0 Å². The highest BCUT2D eigenvalue weighted by Gasteiger charge is 2.19. The van der Waals surface area contributed by atoms with E-state index in [0.717, 1.165) is 0 Å². The minimum absolute atomic E-state index is 0.0155. The summed E-state index contributed by atoms with van der Waals surface area (Å²) in [5.41, 5.74) is 0.204. The fraction of sp³-hybridized carbons (Fsp3) is 0.154. The maximum Gasteiger partial charge on any atom is 0.291 e. The minimum Gasteiger partial charge on any atom is -0.459 e. The Morgan fingerprint density at radius 1 is 1.20 bits per heavy atom. The van der Waals surface area contributed by atoms with Gasteiger partial charge in [0.05, 0.1) is 12.0 Å². The lowest BCUT2D eigenvalue weighted by Crippen LogP contribution is -2.25. The predicted octanol–water partition coefficient (Wildman–Crippen LogP) is 1.83. The number of sulfonamides is 1. The number of rotatable bonds is 5. The molecule has 6 nitrogen and oxygen atoms in total. The largest absolute Gasteiger partial charge is 0.459 e. The van der Waals surface area contributed by atoms with Gasteiger partial charge in [-0.05, 0) is 24.3 Å². The number of benzene rings is 1. The molecule has 0 bridgehead atoms. The van der Waals surface area contributed by atoms with Gasteiger partial charge in [0.1, 0.15) is 4.90 Å². The van der Waals surface area contributed by atoms with Crippen LogP contribution in [-0.2, 0) is 10.0 Å². The molecule has 2 aromatic rings. The van der Waals surface area contributed by atoms with E-state index in [4.69, 9.17) is 4.42 Å². The van der Waals surface area contributed by atoms with E-state index in [2.05, 4.69) is 10.0 Å². The topological polar surface area (TPSA) is 88.4 Å². The molecule has 0 aliphatic carbocycles. The van der Waals surface area contributed by atoms with E-state index in [9.17, 15) is 13.2 Å². The van der Waals surface area contributed by atoms with Gasteiger partial charge in [-0.15, -0.1) is 0 Å². The van der Waals surface area contributed by atoms with Crippen LogP contribution in [0, 0.1) is 0 Å². The SMILES string of the molecule is CCNS(=O)(=O)c1ccccc1NC(=O)c1ccco1. The summed E-state index contributed by atoms with van der Waals surface area (Å²) in [4.78, 5) is 11.9. The molecule has 2 N–H and O–H groups in total. The molecule has 1 aromatic carbocycles. The number of anilines is 1. The number of furan rings is 1. The molecule has 1 amide bonds. The molecular formula is C13H14N2O4S. The van der Waals surface area contributed by atoms with Gasteiger partial charge in [0, 0.05) is 6.54 Å². The zero-order valence-electron chi connectivity index (χ0n) is 10.8. The number of carbonyl (C=O) groups is 1. The molecule has 0 aliphatic heterocycles. The van der Waals surface area contributed by atoms with Crippen LogP contribution in [0.1, 0.15) is 17.5 Å². The summed E-state index contributed by atoms with van der Waals surface area (Å²) in [5, 5.41) is 2.53. The second-order valence-corrected chi connectivity index (χ2v) is 5.66. The molecule has 0 radical (unpaired) electrons. The first-order chi connectivity index (χ1) is 9.54. The Bertz CT molecular complexity index is 693. The molecule has 1 aromatic heterocycles. The first kappa shape index (κ1) is 14.3. The molecule has 0 fully saturated rings. The first-order valence-corrected chi connectivity index (χ1v) is 7.46. The van der Waals surface area contributed by atoms with Crippen LogP contribution in [0.4, 0.5) is 5.69 Å². The molecular weight excluding hydrogens is 280 g/mol. The standard InChI is InChI=1S/C13H14N2O4S/c1-2-14-20(17,18)12-8-4-3-6-10(12)15-13(16)11-7-5-9-19-11/h3-9,14H,2H2,1H3,(H,15,16). The van der Waals surface area contributed by atoms with Crippen LogP contribution in [0.25, 0.3) is 0 Å². The maximum absolute atomic E-state index is 12.0. The Labute approximate surface area is 116 Å². The molecule has 0 spiro atoms. The van der Waals surface area contributed by atoms with E-state index in [0.29, 0.717) is 0 Å². The zero-order valence-corrected chi connectivity index (χ0v) is 11.6. The van der Waals surface area contributed by atoms with Crippen LogP contribution in [0.3, 0.4) is 0 Å². The van der Waals surface area contributed by atoms with Crippen molar-refractivity contribution in [2.45, 2.75) is 11.8 Å². The molecule has 0 atom stereocenters. The van der Waals surface area contributed by atoms with Gasteiger partial charge in [-0.1, -0.05) is 19.1 Å². The summed E-state index contributed by atoms with van der Waals surface area (Å²) in [6, 6.07) is 9.25. The highest BCUT2D eigenvalue weighted by atomic mass is 32.2. The molecule has 0 saturated carbocycles. The van der Waals surface area contributed by atoms with Gasteiger partial charge in [0.25, 0.3) is 5.91 Å². The lowest BCUT2D eigenvalue weighted by molar-refractivity contribution is 0.0996. The van der Waals surface area contributed by atoms with Crippen LogP contribution in [-0.4, -0.2) is 20.9 Å². The van der Waals surface area contributed by atoms with Gasteiger partial charge in [-0.3, -0.25) is 4.79 Å². The Morgan fingerprint density at radius 2 is 1.95 bits per heavy atom. The molecule has 0 unspecified atom stereocenters. The molecule has 0 aliphatic rings. The van der Waals surface area contributed by atoms with Crippen molar-refractivity contribution in [3.8, 4) is 0 Å². The van der Waals surface area contributed by atoms with Crippen molar-refractivity contribution in [3.05, 3.63) is 48.4 Å². The Morgan fingerprint density at radius 3 is 2.60 bits per heavy atom. The van der Waals surface area contributed by atoms with Crippen molar-refractivity contribution < 1.29 is 17.6 Å². The number of carbonyl (C=O) groups excluding carboxylic acids is 1. The summed E-state index contributed by atoms with van der Waals surface area (Å²) < 4.78 is 31.4. The van der Waals surface area contributed by atoms with Crippen LogP contribution in [0.5, 0.6) is 0 Å². The quantitative estimate of drug-likeness (QED) is 0.880. The average Bonchev–Trinajstić information content (AvgIpc) is 2.93. The summed E-state index contributed by atoms with van der Waals surface area (Å²) in [7, 11) is -3.65. The van der Waals surface area contributed by atoms with Crippen LogP contribution in [0.2, 0.25) is 0 Å². The molecule has 2 rings (SSSR count). The van der Waals surface area contributed by atoms with E-state index < -0.39 is 15.9 Å². The number of amides is 1. The molecule has 0 saturated heterocycles. The van der Waals surface area contributed by atoms with Crippen molar-refractivity contribution in [2.24, 2.45) is 0 Å². The van der Waals surface area contributed by atoms with E-state index in [1.54, 1.807) is 25.1 Å². The summed E-state index contributed by atoms with van der Waals surface area (Å²) >= 11 is 0. The molecule has 1 heterocycles. The third-order valence-electron chi connectivity index (χ3n) is 2.50. The van der Waals surface area contributed by atoms with Crippen LogP contribution < -0.4 is 10.0 Å². The lowest BCUT2D eigenvalue weighted by Gasteiger charge is -2.10. The Balaban J connectivity index is 2.32. The van der Waals surface area contributed by atoms with Gasteiger partial charge in [-0.25, -0.2) is 13.1 Å². The van der Waals surface area contributed by atoms with Gasteiger partial charge in [-0.2, -0.15) is 0 Å². The maximum atomic E-state index is 12.0. The molecule has 106 valence electrons. The smallest absolute Gasteiger partial charge is 0.291 e. The van der Waals surface area contributed by atoms with Gasteiger partial charge >= 0.3 is 0 Å². The fourth-order valence-corrected chi connectivity index (χ4v) is 2.87. The van der Waals surface area contributed by atoms with Crippen LogP contribution >= 0.6 is 0 Å². The van der Waals surface area contributed by atoms with Crippen LogP contribution in [0.15, 0.2) is 52.0 Å². The molecule has 7 heteroatoms. The summed E-state index contributed by atoms with van der Waals surface area (Å²) in [6.07, 6.45) is 1.37. The number of para-hydroxylation sites is 1. The monoisotopic (exact) mass is 294 g/mol. The number of hydrogen-bond donors (Lipinski definition) is 2. The minimum atomic E-state index is -3.65. The second kappa shape index (κ2) is 5.89. The summed E-state index contributed by atoms with van der Waals surface area (Å²) in [5.74, 6) is -0.394. The van der Waals surface area contributed by atoms with Crippen molar-refractivity contribution in [1.29, 1.82) is 0 Å². The van der Waals surface area contributed by atoms with E-state index in [-0.39, 0.29) is 22.9 Å². The zero-order chi connectivity index (χ0) is 14.6. The predicted molar refractivity (Wildman–Crippen MR) is 74.0 cm³/mol. The Kier molecular flexibility index (Phi) is 4.21. The Hall–Kier alpha value is -2.12. The van der Waals surface area contributed by atoms with Crippen molar-refractivity contribution >= 4 is 21.6 Å². The van der Waals surface area contributed by atoms with E-state index in [1.807, 2.05) is 0 Å². The van der Waals surface area contributed by atoms with E-state index in [1.165, 1.54) is 24.5 Å². The molecule has 20 heavy (non-hydrogen) atoms. The van der Waals surface area contributed by atoms with Crippen molar-refractivity contribution in [3.63, 3.8) is 0 Å². The number of nitrogens with one attached hydrogen (secondary N) is 2. The van der Waals surface area contributed by atoms with Crippen molar-refractivity contribution in [1.82, 2.24) is 4.72 Å². The van der Waals surface area contributed by atoms with Gasteiger partial charge < -0.3 is 9.73 Å². The summed E-state index contributed by atoms with van der Waals surface area (Å²) in [6.45, 7) is 1.95.